The van der Waals surface area contributed by atoms with E-state index in [2.05, 4.69) is 22.8 Å². The Morgan fingerprint density at radius 3 is 2.28 bits per heavy atom. The molecule has 2 N–H and O–H groups in total. The van der Waals surface area contributed by atoms with Crippen molar-refractivity contribution in [1.82, 2.24) is 5.32 Å². The fourth-order valence-electron chi connectivity index (χ4n) is 6.61. The molecule has 29 heavy (non-hydrogen) atoms. The van der Waals surface area contributed by atoms with Gasteiger partial charge in [-0.3, -0.25) is 9.59 Å². The van der Waals surface area contributed by atoms with Crippen molar-refractivity contribution in [2.75, 3.05) is 23.4 Å². The molecule has 4 nitrogen and oxygen atoms in total. The molecule has 0 spiro atoms. The summed E-state index contributed by atoms with van der Waals surface area (Å²) in [4.78, 5) is 25.0. The molecular weight excluding hydrogens is 400 g/mol. The molecule has 0 unspecified atom stereocenters. The molecule has 4 bridgehead atoms. The number of hydrogen-bond acceptors (Lipinski definition) is 4. The van der Waals surface area contributed by atoms with Gasteiger partial charge in [-0.05, 0) is 79.4 Å². The molecule has 4 saturated carbocycles. The van der Waals surface area contributed by atoms with Gasteiger partial charge in [0.25, 0.3) is 0 Å². The van der Waals surface area contributed by atoms with Gasteiger partial charge in [-0.1, -0.05) is 12.1 Å². The van der Waals surface area contributed by atoms with E-state index in [9.17, 15) is 9.59 Å². The first-order valence-corrected chi connectivity index (χ1v) is 13.1. The zero-order valence-electron chi connectivity index (χ0n) is 16.8. The Balaban J connectivity index is 1.11. The van der Waals surface area contributed by atoms with Gasteiger partial charge < -0.3 is 10.6 Å². The van der Waals surface area contributed by atoms with Crippen molar-refractivity contribution in [3.8, 4) is 0 Å². The molecule has 1 aliphatic heterocycles. The van der Waals surface area contributed by atoms with Gasteiger partial charge in [0.15, 0.2) is 0 Å². The van der Waals surface area contributed by atoms with Crippen LogP contribution in [0.1, 0.15) is 55.1 Å². The quantitative estimate of drug-likeness (QED) is 0.679. The van der Waals surface area contributed by atoms with Gasteiger partial charge in [0.05, 0.1) is 11.1 Å². The van der Waals surface area contributed by atoms with Gasteiger partial charge in [0, 0.05) is 23.6 Å². The molecule has 4 aliphatic carbocycles. The fraction of sp³-hybridized carbons (Fsp3) is 0.652. The molecule has 1 aromatic carbocycles. The Kier molecular flexibility index (Phi) is 5.59. The SMILES string of the molecule is O=C(CC12CC3CC(CC(C3)C1)C2)NCC(=O)Nc1cccc(C2SCCS2)c1. The molecule has 6 rings (SSSR count). The second-order valence-corrected chi connectivity index (χ2v) is 12.3. The van der Waals surface area contributed by atoms with Crippen molar-refractivity contribution in [3.63, 3.8) is 0 Å². The summed E-state index contributed by atoms with van der Waals surface area (Å²) in [7, 11) is 0. The summed E-state index contributed by atoms with van der Waals surface area (Å²) < 4.78 is 0.465. The van der Waals surface area contributed by atoms with Gasteiger partial charge in [-0.15, -0.1) is 23.5 Å². The summed E-state index contributed by atoms with van der Waals surface area (Å²) in [6.45, 7) is 0.0579. The van der Waals surface area contributed by atoms with E-state index >= 15 is 0 Å². The van der Waals surface area contributed by atoms with Gasteiger partial charge in [-0.25, -0.2) is 0 Å². The van der Waals surface area contributed by atoms with Gasteiger partial charge in [-0.2, -0.15) is 0 Å². The van der Waals surface area contributed by atoms with E-state index in [0.29, 0.717) is 11.0 Å². The van der Waals surface area contributed by atoms with E-state index in [1.807, 2.05) is 35.7 Å². The van der Waals surface area contributed by atoms with E-state index in [1.54, 1.807) is 0 Å². The molecule has 0 radical (unpaired) electrons. The molecule has 5 fully saturated rings. The Hall–Kier alpha value is -1.14. The Labute approximate surface area is 181 Å². The maximum Gasteiger partial charge on any atom is 0.243 e. The van der Waals surface area contributed by atoms with Crippen LogP contribution in [0, 0.1) is 23.2 Å². The Morgan fingerprint density at radius 2 is 1.62 bits per heavy atom. The topological polar surface area (TPSA) is 58.2 Å². The first-order valence-electron chi connectivity index (χ1n) is 11.0. The van der Waals surface area contributed by atoms with Crippen LogP contribution in [0.25, 0.3) is 0 Å². The molecule has 156 valence electrons. The highest BCUT2D eigenvalue weighted by molar-refractivity contribution is 8.19. The van der Waals surface area contributed by atoms with Gasteiger partial charge >= 0.3 is 0 Å². The van der Waals surface area contributed by atoms with Crippen molar-refractivity contribution >= 4 is 41.0 Å². The van der Waals surface area contributed by atoms with Gasteiger partial charge in [0.2, 0.25) is 11.8 Å². The molecule has 1 aromatic rings. The van der Waals surface area contributed by atoms with Crippen LogP contribution in [0.3, 0.4) is 0 Å². The molecular formula is C23H30N2O2S2. The minimum atomic E-state index is -0.146. The molecule has 0 aromatic heterocycles. The number of nitrogens with one attached hydrogen (secondary N) is 2. The number of amides is 2. The molecule has 1 saturated heterocycles. The van der Waals surface area contributed by atoms with Crippen LogP contribution in [0.2, 0.25) is 0 Å². The molecule has 0 atom stereocenters. The summed E-state index contributed by atoms with van der Waals surface area (Å²) in [5.41, 5.74) is 2.29. The Bertz CT molecular complexity index is 756. The van der Waals surface area contributed by atoms with Crippen molar-refractivity contribution in [2.24, 2.45) is 23.2 Å². The average Bonchev–Trinajstić information content (AvgIpc) is 3.20. The number of benzene rings is 1. The summed E-state index contributed by atoms with van der Waals surface area (Å²) in [5, 5.41) is 5.84. The summed E-state index contributed by atoms with van der Waals surface area (Å²) >= 11 is 3.91. The third-order valence-electron chi connectivity index (χ3n) is 7.21. The highest BCUT2D eigenvalue weighted by atomic mass is 32.2. The number of thioether (sulfide) groups is 2. The van der Waals surface area contributed by atoms with Crippen LogP contribution in [0.15, 0.2) is 24.3 Å². The van der Waals surface area contributed by atoms with E-state index < -0.39 is 0 Å². The van der Waals surface area contributed by atoms with Crippen LogP contribution >= 0.6 is 23.5 Å². The lowest BCUT2D eigenvalue weighted by atomic mass is 9.49. The zero-order chi connectivity index (χ0) is 19.8. The predicted octanol–water partition coefficient (Wildman–Crippen LogP) is 4.83. The zero-order valence-corrected chi connectivity index (χ0v) is 18.5. The normalized spacial score (nSPS) is 33.0. The highest BCUT2D eigenvalue weighted by Gasteiger charge is 2.51. The van der Waals surface area contributed by atoms with Crippen LogP contribution in [0.5, 0.6) is 0 Å². The second kappa shape index (κ2) is 8.18. The Morgan fingerprint density at radius 1 is 0.966 bits per heavy atom. The first-order chi connectivity index (χ1) is 14.1. The lowest BCUT2D eigenvalue weighted by Gasteiger charge is -2.56. The van der Waals surface area contributed by atoms with Crippen LogP contribution in [-0.4, -0.2) is 29.9 Å². The molecule has 1 heterocycles. The summed E-state index contributed by atoms with van der Waals surface area (Å²) in [6, 6.07) is 8.10. The monoisotopic (exact) mass is 430 g/mol. The lowest BCUT2D eigenvalue weighted by molar-refractivity contribution is -0.131. The minimum Gasteiger partial charge on any atom is -0.347 e. The van der Waals surface area contributed by atoms with E-state index in [1.165, 1.54) is 55.6 Å². The third-order valence-corrected chi connectivity index (χ3v) is 10.3. The molecule has 5 aliphatic rings. The maximum atomic E-state index is 12.6. The van der Waals surface area contributed by atoms with Crippen molar-refractivity contribution in [1.29, 1.82) is 0 Å². The number of anilines is 1. The molecule has 6 heteroatoms. The number of rotatable bonds is 6. The van der Waals surface area contributed by atoms with E-state index in [4.69, 9.17) is 0 Å². The van der Waals surface area contributed by atoms with Crippen molar-refractivity contribution in [2.45, 2.75) is 49.5 Å². The minimum absolute atomic E-state index is 0.0506. The molecule has 2 amide bonds. The largest absolute Gasteiger partial charge is 0.347 e. The number of carbonyl (C=O) groups is 2. The standard InChI is InChI=1S/C23H30N2O2S2/c26-20(13-23-10-15-6-16(11-23)8-17(7-15)12-23)24-14-21(27)25-19-3-1-2-18(9-19)22-28-4-5-29-22/h1-3,9,15-17,22H,4-8,10-14H2,(H,24,26)(H,25,27). The average molecular weight is 431 g/mol. The lowest BCUT2D eigenvalue weighted by Crippen LogP contribution is -2.48. The fourth-order valence-corrected chi connectivity index (χ4v) is 9.45. The predicted molar refractivity (Wildman–Crippen MR) is 121 cm³/mol. The van der Waals surface area contributed by atoms with Crippen LogP contribution in [0.4, 0.5) is 5.69 Å². The van der Waals surface area contributed by atoms with Crippen LogP contribution in [-0.2, 0) is 9.59 Å². The maximum absolute atomic E-state index is 12.6. The first kappa shape index (κ1) is 19.8. The van der Waals surface area contributed by atoms with E-state index in [-0.39, 0.29) is 23.8 Å². The van der Waals surface area contributed by atoms with E-state index in [0.717, 1.165) is 23.4 Å². The highest BCUT2D eigenvalue weighted by Crippen LogP contribution is 2.61. The van der Waals surface area contributed by atoms with Crippen LogP contribution < -0.4 is 10.6 Å². The number of hydrogen-bond donors (Lipinski definition) is 2. The van der Waals surface area contributed by atoms with Gasteiger partial charge in [0.1, 0.15) is 0 Å². The second-order valence-electron chi connectivity index (χ2n) is 9.62. The summed E-state index contributed by atoms with van der Waals surface area (Å²) in [5.74, 6) is 4.81. The van der Waals surface area contributed by atoms with Crippen molar-refractivity contribution in [3.05, 3.63) is 29.8 Å². The smallest absolute Gasteiger partial charge is 0.243 e. The summed E-state index contributed by atoms with van der Waals surface area (Å²) in [6.07, 6.45) is 8.45. The number of carbonyl (C=O) groups excluding carboxylic acids is 2. The third kappa shape index (κ3) is 4.48. The van der Waals surface area contributed by atoms with Crippen molar-refractivity contribution < 1.29 is 9.59 Å².